The minimum atomic E-state index is -0.203. The van der Waals surface area contributed by atoms with Crippen LogP contribution in [-0.2, 0) is 4.79 Å². The fourth-order valence-corrected chi connectivity index (χ4v) is 1.66. The first-order valence-electron chi connectivity index (χ1n) is 7.15. The molecule has 1 rings (SSSR count). The van der Waals surface area contributed by atoms with Crippen molar-refractivity contribution >= 4 is 17.5 Å². The molecular weight excluding hydrogens is 270 g/mol. The van der Waals surface area contributed by atoms with Gasteiger partial charge in [0.15, 0.2) is 6.61 Å². The Labute approximate surface area is 125 Å². The van der Waals surface area contributed by atoms with Gasteiger partial charge in [-0.1, -0.05) is 13.3 Å². The predicted molar refractivity (Wildman–Crippen MR) is 82.3 cm³/mol. The second-order valence-corrected chi connectivity index (χ2v) is 4.60. The molecule has 0 bridgehead atoms. The molecule has 2 amide bonds. The highest BCUT2D eigenvalue weighted by Crippen LogP contribution is 2.22. The van der Waals surface area contributed by atoms with Crippen molar-refractivity contribution in [3.8, 4) is 5.75 Å². The highest BCUT2D eigenvalue weighted by molar-refractivity contribution is 5.95. The summed E-state index contributed by atoms with van der Waals surface area (Å²) in [6.45, 7) is 4.95. The Hall–Kier alpha value is -2.24. The Balaban J connectivity index is 2.59. The molecule has 0 atom stereocenters. The summed E-state index contributed by atoms with van der Waals surface area (Å²) in [4.78, 5) is 23.3. The fraction of sp³-hybridized carbons (Fsp3) is 0.467. The van der Waals surface area contributed by atoms with Crippen LogP contribution in [-0.4, -0.2) is 31.5 Å². The van der Waals surface area contributed by atoms with Crippen LogP contribution >= 0.6 is 0 Å². The smallest absolute Gasteiger partial charge is 0.257 e. The van der Waals surface area contributed by atoms with Crippen molar-refractivity contribution in [1.82, 2.24) is 10.6 Å². The van der Waals surface area contributed by atoms with Gasteiger partial charge in [0.1, 0.15) is 5.75 Å². The van der Waals surface area contributed by atoms with Gasteiger partial charge in [0.2, 0.25) is 0 Å². The number of hydrogen-bond donors (Lipinski definition) is 3. The number of nitrogens with one attached hydrogen (secondary N) is 2. The number of amides is 2. The lowest BCUT2D eigenvalue weighted by Crippen LogP contribution is -2.29. The third-order valence-corrected chi connectivity index (χ3v) is 2.82. The van der Waals surface area contributed by atoms with Crippen LogP contribution in [0.1, 0.15) is 37.0 Å². The van der Waals surface area contributed by atoms with Crippen LogP contribution in [0.4, 0.5) is 5.69 Å². The predicted octanol–water partition coefficient (Wildman–Crippen LogP) is 1.31. The molecule has 0 aliphatic rings. The van der Waals surface area contributed by atoms with Gasteiger partial charge in [0, 0.05) is 18.7 Å². The number of ether oxygens (including phenoxy) is 1. The van der Waals surface area contributed by atoms with Gasteiger partial charge in [-0.15, -0.1) is 0 Å². The van der Waals surface area contributed by atoms with E-state index in [2.05, 4.69) is 17.6 Å². The molecule has 6 heteroatoms. The summed E-state index contributed by atoms with van der Waals surface area (Å²) in [7, 11) is 0. The van der Waals surface area contributed by atoms with Crippen molar-refractivity contribution in [1.29, 1.82) is 0 Å². The number of anilines is 1. The fourth-order valence-electron chi connectivity index (χ4n) is 1.66. The molecule has 0 saturated carbocycles. The number of unbranched alkanes of at least 4 members (excludes halogenated alkanes) is 1. The lowest BCUT2D eigenvalue weighted by atomic mass is 10.2. The van der Waals surface area contributed by atoms with E-state index >= 15 is 0 Å². The topological polar surface area (TPSA) is 93.4 Å². The van der Waals surface area contributed by atoms with Gasteiger partial charge in [-0.05, 0) is 31.5 Å². The first-order chi connectivity index (χ1) is 10.1. The first-order valence-corrected chi connectivity index (χ1v) is 7.15. The molecule has 0 radical (unpaired) electrons. The van der Waals surface area contributed by atoms with E-state index in [-0.39, 0.29) is 18.4 Å². The number of carbonyl (C=O) groups excluding carboxylic acids is 2. The molecule has 0 fully saturated rings. The number of benzene rings is 1. The minimum absolute atomic E-state index is 0.118. The van der Waals surface area contributed by atoms with Gasteiger partial charge in [-0.3, -0.25) is 9.59 Å². The number of hydrogen-bond acceptors (Lipinski definition) is 4. The van der Waals surface area contributed by atoms with Crippen molar-refractivity contribution in [2.24, 2.45) is 0 Å². The zero-order valence-corrected chi connectivity index (χ0v) is 12.6. The summed E-state index contributed by atoms with van der Waals surface area (Å²) < 4.78 is 5.38. The van der Waals surface area contributed by atoms with E-state index in [0.29, 0.717) is 30.1 Å². The van der Waals surface area contributed by atoms with E-state index in [9.17, 15) is 9.59 Å². The van der Waals surface area contributed by atoms with Gasteiger partial charge >= 0.3 is 0 Å². The van der Waals surface area contributed by atoms with E-state index in [4.69, 9.17) is 10.5 Å². The quantitative estimate of drug-likeness (QED) is 0.497. The van der Waals surface area contributed by atoms with Crippen LogP contribution in [0.3, 0.4) is 0 Å². The third-order valence-electron chi connectivity index (χ3n) is 2.82. The Bertz CT molecular complexity index is 489. The lowest BCUT2D eigenvalue weighted by Gasteiger charge is -2.11. The molecule has 6 nitrogen and oxygen atoms in total. The summed E-state index contributed by atoms with van der Waals surface area (Å²) in [6, 6.07) is 4.75. The SMILES string of the molecule is CCCCNC(=O)COc1cc(C(=O)NCC)ccc1N. The average molecular weight is 293 g/mol. The van der Waals surface area contributed by atoms with Crippen LogP contribution in [0.2, 0.25) is 0 Å². The van der Waals surface area contributed by atoms with E-state index in [1.807, 2.05) is 6.92 Å². The van der Waals surface area contributed by atoms with E-state index < -0.39 is 0 Å². The van der Waals surface area contributed by atoms with Gasteiger partial charge < -0.3 is 21.1 Å². The molecule has 1 aromatic rings. The number of nitrogen functional groups attached to an aromatic ring is 1. The first kappa shape index (κ1) is 16.8. The van der Waals surface area contributed by atoms with Gasteiger partial charge in [0.05, 0.1) is 5.69 Å². The molecule has 0 aliphatic carbocycles. The van der Waals surface area contributed by atoms with Crippen LogP contribution in [0.15, 0.2) is 18.2 Å². The molecule has 0 spiro atoms. The summed E-state index contributed by atoms with van der Waals surface area (Å²) in [6.07, 6.45) is 1.95. The monoisotopic (exact) mass is 293 g/mol. The van der Waals surface area contributed by atoms with Crippen LogP contribution in [0.5, 0.6) is 5.75 Å². The van der Waals surface area contributed by atoms with Crippen LogP contribution < -0.4 is 21.1 Å². The molecule has 0 heterocycles. The second-order valence-electron chi connectivity index (χ2n) is 4.60. The normalized spacial score (nSPS) is 10.0. The van der Waals surface area contributed by atoms with Crippen molar-refractivity contribution < 1.29 is 14.3 Å². The van der Waals surface area contributed by atoms with E-state index in [1.165, 1.54) is 0 Å². The van der Waals surface area contributed by atoms with Gasteiger partial charge in [-0.25, -0.2) is 0 Å². The van der Waals surface area contributed by atoms with Crippen molar-refractivity contribution in [3.63, 3.8) is 0 Å². The van der Waals surface area contributed by atoms with Crippen molar-refractivity contribution in [2.45, 2.75) is 26.7 Å². The summed E-state index contributed by atoms with van der Waals surface area (Å²) in [5.41, 5.74) is 6.63. The molecule has 0 saturated heterocycles. The Kier molecular flexibility index (Phi) is 7.08. The van der Waals surface area contributed by atoms with E-state index in [0.717, 1.165) is 12.8 Å². The standard InChI is InChI=1S/C15H23N3O3/c1-3-5-8-18-14(19)10-21-13-9-11(6-7-12(13)16)15(20)17-4-2/h6-7,9H,3-5,8,10,16H2,1-2H3,(H,17,20)(H,18,19). The molecule has 0 unspecified atom stereocenters. The van der Waals surface area contributed by atoms with Crippen LogP contribution in [0.25, 0.3) is 0 Å². The molecule has 0 aliphatic heterocycles. The number of rotatable bonds is 8. The Morgan fingerprint density at radius 1 is 1.24 bits per heavy atom. The molecule has 1 aromatic carbocycles. The maximum atomic E-state index is 11.7. The molecule has 21 heavy (non-hydrogen) atoms. The van der Waals surface area contributed by atoms with Crippen molar-refractivity contribution in [2.75, 3.05) is 25.4 Å². The molecule has 0 aromatic heterocycles. The largest absolute Gasteiger partial charge is 0.482 e. The number of nitrogens with two attached hydrogens (primary N) is 1. The zero-order valence-electron chi connectivity index (χ0n) is 12.6. The lowest BCUT2D eigenvalue weighted by molar-refractivity contribution is -0.123. The number of carbonyl (C=O) groups is 2. The molecule has 4 N–H and O–H groups in total. The highest BCUT2D eigenvalue weighted by atomic mass is 16.5. The zero-order chi connectivity index (χ0) is 15.7. The summed E-state index contributed by atoms with van der Waals surface area (Å²) >= 11 is 0. The molecule has 116 valence electrons. The summed E-state index contributed by atoms with van der Waals surface area (Å²) in [5, 5.41) is 5.44. The minimum Gasteiger partial charge on any atom is -0.482 e. The highest BCUT2D eigenvalue weighted by Gasteiger charge is 2.10. The van der Waals surface area contributed by atoms with Crippen molar-refractivity contribution in [3.05, 3.63) is 23.8 Å². The van der Waals surface area contributed by atoms with E-state index in [1.54, 1.807) is 18.2 Å². The van der Waals surface area contributed by atoms with Gasteiger partial charge in [-0.2, -0.15) is 0 Å². The Morgan fingerprint density at radius 3 is 2.67 bits per heavy atom. The maximum absolute atomic E-state index is 11.7. The average Bonchev–Trinajstić information content (AvgIpc) is 2.47. The Morgan fingerprint density at radius 2 is 2.00 bits per heavy atom. The third kappa shape index (κ3) is 5.72. The molecular formula is C15H23N3O3. The van der Waals surface area contributed by atoms with Gasteiger partial charge in [0.25, 0.3) is 11.8 Å². The van der Waals surface area contributed by atoms with Crippen LogP contribution in [0, 0.1) is 0 Å². The second kappa shape index (κ2) is 8.84. The summed E-state index contributed by atoms with van der Waals surface area (Å²) in [5.74, 6) is -0.0644. The maximum Gasteiger partial charge on any atom is 0.257 e.